The summed E-state index contributed by atoms with van der Waals surface area (Å²) < 4.78 is 65.9. The molecule has 0 radical (unpaired) electrons. The Hall–Kier alpha value is -1.03. The van der Waals surface area contributed by atoms with Crippen LogP contribution in [0.25, 0.3) is 0 Å². The molecule has 2 heterocycles. The van der Waals surface area contributed by atoms with Gasteiger partial charge in [0.05, 0.1) is 15.9 Å². The van der Waals surface area contributed by atoms with E-state index in [0.717, 1.165) is 12.6 Å². The van der Waals surface area contributed by atoms with Gasteiger partial charge in [0, 0.05) is 32.2 Å². The smallest absolute Gasteiger partial charge is 0.243 e. The lowest BCUT2D eigenvalue weighted by Crippen LogP contribution is -2.55. The predicted molar refractivity (Wildman–Crippen MR) is 102 cm³/mol. The first-order valence-electron chi connectivity index (χ1n) is 9.32. The Morgan fingerprint density at radius 1 is 1.19 bits per heavy atom. The molecule has 0 N–H and O–H groups in total. The van der Waals surface area contributed by atoms with Crippen LogP contribution in [0, 0.1) is 11.7 Å². The minimum absolute atomic E-state index is 0.0886. The standard InChI is InChI=1S/C18H27FN2O4S2/c1-14(2)13-20-10-11-26(22,23)18-7-9-21(8-6-17(18)20)27(24,25)16-5-3-4-15(19)12-16/h3-5,12,14,17-18H,6-11,13H2,1-2H3/t17-,18+/m0/s1. The van der Waals surface area contributed by atoms with Crippen molar-refractivity contribution in [2.45, 2.75) is 42.9 Å². The van der Waals surface area contributed by atoms with Crippen molar-refractivity contribution in [2.24, 2.45) is 5.92 Å². The van der Waals surface area contributed by atoms with Crippen LogP contribution in [0.5, 0.6) is 0 Å². The highest BCUT2D eigenvalue weighted by molar-refractivity contribution is 7.92. The lowest BCUT2D eigenvalue weighted by molar-refractivity contribution is 0.163. The second kappa shape index (κ2) is 7.77. The first-order valence-corrected chi connectivity index (χ1v) is 12.5. The van der Waals surface area contributed by atoms with Gasteiger partial charge in [0.25, 0.3) is 0 Å². The summed E-state index contributed by atoms with van der Waals surface area (Å²) in [6, 6.07) is 4.78. The summed E-state index contributed by atoms with van der Waals surface area (Å²) >= 11 is 0. The van der Waals surface area contributed by atoms with Crippen LogP contribution in [0.1, 0.15) is 26.7 Å². The highest BCUT2D eigenvalue weighted by atomic mass is 32.2. The van der Waals surface area contributed by atoms with Gasteiger partial charge in [0.15, 0.2) is 9.84 Å². The zero-order valence-corrected chi connectivity index (χ0v) is 17.3. The van der Waals surface area contributed by atoms with E-state index >= 15 is 0 Å². The van der Waals surface area contributed by atoms with Gasteiger partial charge >= 0.3 is 0 Å². The molecule has 2 aliphatic heterocycles. The predicted octanol–water partition coefficient (Wildman–Crippen LogP) is 1.73. The molecular formula is C18H27FN2O4S2. The molecule has 0 saturated carbocycles. The molecule has 0 aromatic heterocycles. The number of benzene rings is 1. The zero-order valence-electron chi connectivity index (χ0n) is 15.7. The number of hydrogen-bond acceptors (Lipinski definition) is 5. The Kier molecular flexibility index (Phi) is 5.96. The van der Waals surface area contributed by atoms with Gasteiger partial charge in [-0.15, -0.1) is 0 Å². The molecule has 6 nitrogen and oxygen atoms in total. The molecular weight excluding hydrogens is 391 g/mol. The molecule has 2 saturated heterocycles. The van der Waals surface area contributed by atoms with Crippen LogP contribution >= 0.6 is 0 Å². The van der Waals surface area contributed by atoms with Gasteiger partial charge in [-0.05, 0) is 37.0 Å². The van der Waals surface area contributed by atoms with Gasteiger partial charge in [-0.1, -0.05) is 19.9 Å². The SMILES string of the molecule is CC(C)CN1CCS(=O)(=O)[C@@H]2CCN(S(=O)(=O)c3cccc(F)c3)CC[C@@H]21. The van der Waals surface area contributed by atoms with E-state index in [0.29, 0.717) is 18.9 Å². The van der Waals surface area contributed by atoms with Crippen LogP contribution < -0.4 is 0 Å². The monoisotopic (exact) mass is 418 g/mol. The molecule has 1 aromatic carbocycles. The maximum atomic E-state index is 13.5. The third kappa shape index (κ3) is 4.36. The van der Waals surface area contributed by atoms with E-state index < -0.39 is 30.9 Å². The molecule has 0 amide bonds. The van der Waals surface area contributed by atoms with E-state index in [4.69, 9.17) is 0 Å². The molecule has 2 fully saturated rings. The van der Waals surface area contributed by atoms with Crippen LogP contribution in [0.3, 0.4) is 0 Å². The largest absolute Gasteiger partial charge is 0.298 e. The van der Waals surface area contributed by atoms with E-state index in [1.54, 1.807) is 0 Å². The molecule has 9 heteroatoms. The first kappa shape index (κ1) is 20.7. The molecule has 152 valence electrons. The summed E-state index contributed by atoms with van der Waals surface area (Å²) in [5.41, 5.74) is 0. The lowest BCUT2D eigenvalue weighted by Gasteiger charge is -2.40. The molecule has 1 aromatic rings. The number of halogens is 1. The minimum Gasteiger partial charge on any atom is -0.298 e. The van der Waals surface area contributed by atoms with Gasteiger partial charge in [-0.2, -0.15) is 4.31 Å². The molecule has 0 aliphatic carbocycles. The minimum atomic E-state index is -3.85. The molecule has 0 bridgehead atoms. The normalized spacial score (nSPS) is 27.3. The highest BCUT2D eigenvalue weighted by Gasteiger charge is 2.44. The van der Waals surface area contributed by atoms with E-state index in [1.807, 2.05) is 0 Å². The average molecular weight is 419 g/mol. The number of sulfonamides is 1. The van der Waals surface area contributed by atoms with E-state index in [1.165, 1.54) is 22.5 Å². The molecule has 2 aliphatic rings. The third-order valence-corrected chi connectivity index (χ3v) is 9.51. The first-order chi connectivity index (χ1) is 12.6. The Labute approximate surface area is 161 Å². The van der Waals surface area contributed by atoms with Crippen molar-refractivity contribution in [3.05, 3.63) is 30.1 Å². The number of nitrogens with zero attached hydrogens (tertiary/aromatic N) is 2. The summed E-state index contributed by atoms with van der Waals surface area (Å²) in [6.07, 6.45) is 0.737. The van der Waals surface area contributed by atoms with Crippen molar-refractivity contribution >= 4 is 19.9 Å². The van der Waals surface area contributed by atoms with E-state index in [-0.39, 0.29) is 36.2 Å². The second-order valence-electron chi connectivity index (χ2n) is 7.80. The average Bonchev–Trinajstić information content (AvgIpc) is 2.82. The van der Waals surface area contributed by atoms with Gasteiger partial charge < -0.3 is 0 Å². The van der Waals surface area contributed by atoms with Crippen LogP contribution in [-0.2, 0) is 19.9 Å². The number of fused-ring (bicyclic) bond motifs is 1. The summed E-state index contributed by atoms with van der Waals surface area (Å²) in [5, 5.41) is -0.544. The molecule has 0 spiro atoms. The molecule has 27 heavy (non-hydrogen) atoms. The lowest BCUT2D eigenvalue weighted by atomic mass is 10.0. The van der Waals surface area contributed by atoms with Crippen molar-refractivity contribution in [1.82, 2.24) is 9.21 Å². The van der Waals surface area contributed by atoms with Crippen LogP contribution in [0.2, 0.25) is 0 Å². The fraction of sp³-hybridized carbons (Fsp3) is 0.667. The molecule has 2 atom stereocenters. The van der Waals surface area contributed by atoms with E-state index in [9.17, 15) is 21.2 Å². The fourth-order valence-corrected chi connectivity index (χ4v) is 7.69. The van der Waals surface area contributed by atoms with Crippen molar-refractivity contribution in [3.8, 4) is 0 Å². The molecule has 0 unspecified atom stereocenters. The molecule has 3 rings (SSSR count). The van der Waals surface area contributed by atoms with Crippen LogP contribution in [0.15, 0.2) is 29.2 Å². The Morgan fingerprint density at radius 3 is 2.56 bits per heavy atom. The van der Waals surface area contributed by atoms with Gasteiger partial charge in [0.1, 0.15) is 5.82 Å². The maximum absolute atomic E-state index is 13.5. The summed E-state index contributed by atoms with van der Waals surface area (Å²) in [5.74, 6) is -0.0792. The van der Waals surface area contributed by atoms with Crippen LogP contribution in [-0.4, -0.2) is 69.3 Å². The quantitative estimate of drug-likeness (QED) is 0.745. The van der Waals surface area contributed by atoms with Crippen molar-refractivity contribution < 1.29 is 21.2 Å². The summed E-state index contributed by atoms with van der Waals surface area (Å²) in [4.78, 5) is 2.11. The summed E-state index contributed by atoms with van der Waals surface area (Å²) in [7, 11) is -7.09. The van der Waals surface area contributed by atoms with Gasteiger partial charge in [-0.25, -0.2) is 21.2 Å². The number of rotatable bonds is 4. The Bertz CT molecular complexity index is 886. The maximum Gasteiger partial charge on any atom is 0.243 e. The number of sulfone groups is 1. The highest BCUT2D eigenvalue weighted by Crippen LogP contribution is 2.30. The Morgan fingerprint density at radius 2 is 1.89 bits per heavy atom. The van der Waals surface area contributed by atoms with Gasteiger partial charge in [0.2, 0.25) is 10.0 Å². The van der Waals surface area contributed by atoms with E-state index in [2.05, 4.69) is 18.7 Å². The van der Waals surface area contributed by atoms with Crippen molar-refractivity contribution in [1.29, 1.82) is 0 Å². The number of hydrogen-bond donors (Lipinski definition) is 0. The summed E-state index contributed by atoms with van der Waals surface area (Å²) in [6.45, 7) is 5.86. The topological polar surface area (TPSA) is 74.8 Å². The van der Waals surface area contributed by atoms with Crippen LogP contribution in [0.4, 0.5) is 4.39 Å². The zero-order chi connectivity index (χ0) is 19.8. The third-order valence-electron chi connectivity index (χ3n) is 5.39. The van der Waals surface area contributed by atoms with Crippen molar-refractivity contribution in [2.75, 3.05) is 31.9 Å². The Balaban J connectivity index is 1.86. The van der Waals surface area contributed by atoms with Gasteiger partial charge in [-0.3, -0.25) is 4.90 Å². The fourth-order valence-electron chi connectivity index (χ4n) is 4.15. The second-order valence-corrected chi connectivity index (χ2v) is 12.1. The van der Waals surface area contributed by atoms with Crippen molar-refractivity contribution in [3.63, 3.8) is 0 Å².